The molecule has 0 saturated heterocycles. The van der Waals surface area contributed by atoms with Gasteiger partial charge in [0.25, 0.3) is 0 Å². The van der Waals surface area contributed by atoms with Crippen molar-refractivity contribution in [3.63, 3.8) is 0 Å². The molecule has 0 amide bonds. The van der Waals surface area contributed by atoms with Crippen molar-refractivity contribution in [2.75, 3.05) is 0 Å². The predicted molar refractivity (Wildman–Crippen MR) is 56.0 cm³/mol. The van der Waals surface area contributed by atoms with Crippen LogP contribution in [-0.2, 0) is 0 Å². The Kier molecular flexibility index (Phi) is 2.11. The minimum Gasteiger partial charge on any atom is -0.478 e. The average molecular weight is 202 g/mol. The first kappa shape index (κ1) is 9.58. The lowest BCUT2D eigenvalue weighted by Crippen LogP contribution is -2.02. The fourth-order valence-corrected chi connectivity index (χ4v) is 1.62. The van der Waals surface area contributed by atoms with E-state index in [2.05, 4.69) is 9.97 Å². The molecule has 2 aromatic rings. The summed E-state index contributed by atoms with van der Waals surface area (Å²) in [5.74, 6) is -0.369. The van der Waals surface area contributed by atoms with E-state index in [1.165, 1.54) is 0 Å². The molecule has 1 heterocycles. The first-order valence-electron chi connectivity index (χ1n) is 4.57. The zero-order chi connectivity index (χ0) is 11.0. The highest BCUT2D eigenvalue weighted by molar-refractivity contribution is 6.02. The molecule has 2 rings (SSSR count). The normalized spacial score (nSPS) is 10.5. The second-order valence-corrected chi connectivity index (χ2v) is 3.36. The fourth-order valence-electron chi connectivity index (χ4n) is 1.62. The molecule has 1 aromatic heterocycles. The van der Waals surface area contributed by atoms with E-state index >= 15 is 0 Å². The average Bonchev–Trinajstić information content (AvgIpc) is 2.16. The lowest BCUT2D eigenvalue weighted by Gasteiger charge is -2.04. The Morgan fingerprint density at radius 1 is 1.27 bits per heavy atom. The number of carbonyl (C=O) groups is 1. The molecule has 0 fully saturated rings. The van der Waals surface area contributed by atoms with Gasteiger partial charge >= 0.3 is 5.97 Å². The molecular formula is C11H10N2O2. The van der Waals surface area contributed by atoms with Gasteiger partial charge in [-0.15, -0.1) is 0 Å². The van der Waals surface area contributed by atoms with Crippen molar-refractivity contribution in [2.24, 2.45) is 0 Å². The van der Waals surface area contributed by atoms with Crippen molar-refractivity contribution in [3.8, 4) is 0 Å². The molecule has 76 valence electrons. The van der Waals surface area contributed by atoms with Crippen molar-refractivity contribution < 1.29 is 9.90 Å². The van der Waals surface area contributed by atoms with Crippen LogP contribution in [0, 0.1) is 13.8 Å². The van der Waals surface area contributed by atoms with Crippen LogP contribution in [0.25, 0.3) is 10.9 Å². The molecule has 0 bridgehead atoms. The van der Waals surface area contributed by atoms with Crippen molar-refractivity contribution in [1.29, 1.82) is 0 Å². The standard InChI is InChI=1S/C11H10N2O2/c1-6-8-4-3-5-9(11(14)15)10(8)13-7(2)12-6/h3-5H,1-2H3,(H,14,15). The van der Waals surface area contributed by atoms with Crippen LogP contribution in [0.15, 0.2) is 18.2 Å². The lowest BCUT2D eigenvalue weighted by atomic mass is 10.1. The van der Waals surface area contributed by atoms with Gasteiger partial charge < -0.3 is 5.11 Å². The third kappa shape index (κ3) is 1.54. The Hall–Kier alpha value is -1.97. The molecule has 0 aliphatic carbocycles. The van der Waals surface area contributed by atoms with Gasteiger partial charge in [0.1, 0.15) is 5.82 Å². The summed E-state index contributed by atoms with van der Waals surface area (Å²) in [6.07, 6.45) is 0. The number of hydrogen-bond acceptors (Lipinski definition) is 3. The lowest BCUT2D eigenvalue weighted by molar-refractivity contribution is 0.0699. The summed E-state index contributed by atoms with van der Waals surface area (Å²) in [5.41, 5.74) is 1.54. The highest BCUT2D eigenvalue weighted by atomic mass is 16.4. The number of benzene rings is 1. The van der Waals surface area contributed by atoms with Gasteiger partial charge in [-0.25, -0.2) is 14.8 Å². The summed E-state index contributed by atoms with van der Waals surface area (Å²) in [6, 6.07) is 5.09. The van der Waals surface area contributed by atoms with Crippen LogP contribution in [0.5, 0.6) is 0 Å². The van der Waals surface area contributed by atoms with Crippen molar-refractivity contribution >= 4 is 16.9 Å². The van der Waals surface area contributed by atoms with Gasteiger partial charge in [0, 0.05) is 11.1 Å². The number of aryl methyl sites for hydroxylation is 2. The number of rotatable bonds is 1. The van der Waals surface area contributed by atoms with Gasteiger partial charge in [-0.1, -0.05) is 12.1 Å². The van der Waals surface area contributed by atoms with E-state index in [1.54, 1.807) is 19.1 Å². The SMILES string of the molecule is Cc1nc(C)c2cccc(C(=O)O)c2n1. The number of fused-ring (bicyclic) bond motifs is 1. The first-order chi connectivity index (χ1) is 7.09. The summed E-state index contributed by atoms with van der Waals surface area (Å²) in [7, 11) is 0. The smallest absolute Gasteiger partial charge is 0.337 e. The Morgan fingerprint density at radius 3 is 2.67 bits per heavy atom. The largest absolute Gasteiger partial charge is 0.478 e. The Bertz CT molecular complexity index is 550. The number of aromatic carboxylic acids is 1. The highest BCUT2D eigenvalue weighted by Gasteiger charge is 2.11. The number of nitrogens with zero attached hydrogens (tertiary/aromatic N) is 2. The quantitative estimate of drug-likeness (QED) is 0.767. The van der Waals surface area contributed by atoms with Crippen LogP contribution >= 0.6 is 0 Å². The fraction of sp³-hybridized carbons (Fsp3) is 0.182. The van der Waals surface area contributed by atoms with E-state index in [9.17, 15) is 4.79 Å². The zero-order valence-corrected chi connectivity index (χ0v) is 8.48. The van der Waals surface area contributed by atoms with Gasteiger partial charge in [-0.05, 0) is 19.9 Å². The van der Waals surface area contributed by atoms with Gasteiger partial charge in [0.05, 0.1) is 11.1 Å². The monoisotopic (exact) mass is 202 g/mol. The van der Waals surface area contributed by atoms with E-state index in [0.717, 1.165) is 11.1 Å². The Balaban J connectivity index is 2.91. The highest BCUT2D eigenvalue weighted by Crippen LogP contribution is 2.19. The van der Waals surface area contributed by atoms with Crippen molar-refractivity contribution in [2.45, 2.75) is 13.8 Å². The molecule has 0 spiro atoms. The number of aromatic nitrogens is 2. The summed E-state index contributed by atoms with van der Waals surface area (Å²) in [5, 5.41) is 9.80. The number of para-hydroxylation sites is 1. The molecular weight excluding hydrogens is 192 g/mol. The van der Waals surface area contributed by atoms with Crippen LogP contribution in [0.2, 0.25) is 0 Å². The number of carboxylic acid groups (broad SMARTS) is 1. The summed E-state index contributed by atoms with van der Waals surface area (Å²) < 4.78 is 0. The molecule has 0 aliphatic heterocycles. The summed E-state index contributed by atoms with van der Waals surface area (Å²) in [6.45, 7) is 3.60. The zero-order valence-electron chi connectivity index (χ0n) is 8.48. The van der Waals surface area contributed by atoms with E-state index in [1.807, 2.05) is 13.0 Å². The topological polar surface area (TPSA) is 63.1 Å². The van der Waals surface area contributed by atoms with Gasteiger partial charge in [0.2, 0.25) is 0 Å². The van der Waals surface area contributed by atoms with E-state index in [4.69, 9.17) is 5.11 Å². The van der Waals surface area contributed by atoms with Crippen LogP contribution in [0.4, 0.5) is 0 Å². The molecule has 0 unspecified atom stereocenters. The summed E-state index contributed by atoms with van der Waals surface area (Å²) >= 11 is 0. The van der Waals surface area contributed by atoms with Crippen LogP contribution in [0.1, 0.15) is 21.9 Å². The first-order valence-corrected chi connectivity index (χ1v) is 4.57. The Labute approximate surface area is 86.6 Å². The third-order valence-corrected chi connectivity index (χ3v) is 2.26. The molecule has 4 nitrogen and oxygen atoms in total. The van der Waals surface area contributed by atoms with Gasteiger partial charge in [0.15, 0.2) is 0 Å². The molecule has 1 aromatic carbocycles. The molecule has 0 atom stereocenters. The third-order valence-electron chi connectivity index (χ3n) is 2.26. The summed E-state index contributed by atoms with van der Waals surface area (Å²) in [4.78, 5) is 19.3. The van der Waals surface area contributed by atoms with E-state index in [-0.39, 0.29) is 5.56 Å². The second kappa shape index (κ2) is 3.31. The number of carboxylic acids is 1. The maximum absolute atomic E-state index is 11.0. The Morgan fingerprint density at radius 2 is 2.00 bits per heavy atom. The van der Waals surface area contributed by atoms with E-state index < -0.39 is 5.97 Å². The van der Waals surface area contributed by atoms with E-state index in [0.29, 0.717) is 11.3 Å². The molecule has 0 saturated carbocycles. The molecule has 4 heteroatoms. The van der Waals surface area contributed by atoms with Crippen LogP contribution < -0.4 is 0 Å². The minimum absolute atomic E-state index is 0.223. The number of hydrogen-bond donors (Lipinski definition) is 1. The molecule has 15 heavy (non-hydrogen) atoms. The van der Waals surface area contributed by atoms with Gasteiger partial charge in [-0.2, -0.15) is 0 Å². The molecule has 0 aliphatic rings. The van der Waals surface area contributed by atoms with Crippen molar-refractivity contribution in [1.82, 2.24) is 9.97 Å². The second-order valence-electron chi connectivity index (χ2n) is 3.36. The predicted octanol–water partition coefficient (Wildman–Crippen LogP) is 1.94. The van der Waals surface area contributed by atoms with Crippen LogP contribution in [0.3, 0.4) is 0 Å². The molecule has 1 N–H and O–H groups in total. The maximum Gasteiger partial charge on any atom is 0.337 e. The van der Waals surface area contributed by atoms with Crippen molar-refractivity contribution in [3.05, 3.63) is 35.3 Å². The molecule has 0 radical (unpaired) electrons. The van der Waals surface area contributed by atoms with Gasteiger partial charge in [-0.3, -0.25) is 0 Å². The minimum atomic E-state index is -0.960. The van der Waals surface area contributed by atoms with Crippen LogP contribution in [-0.4, -0.2) is 21.0 Å². The maximum atomic E-state index is 11.0.